The van der Waals surface area contributed by atoms with Crippen LogP contribution in [-0.4, -0.2) is 63.6 Å². The van der Waals surface area contributed by atoms with Gasteiger partial charge < -0.3 is 24.5 Å². The second kappa shape index (κ2) is 13.7. The van der Waals surface area contributed by atoms with Crippen molar-refractivity contribution in [2.45, 2.75) is 17.7 Å². The van der Waals surface area contributed by atoms with Crippen molar-refractivity contribution < 1.29 is 31.9 Å². The van der Waals surface area contributed by atoms with Gasteiger partial charge in [0.05, 0.1) is 30.0 Å². The van der Waals surface area contributed by atoms with Crippen LogP contribution in [0.1, 0.15) is 12.8 Å². The van der Waals surface area contributed by atoms with Crippen LogP contribution in [-0.2, 0) is 19.7 Å². The van der Waals surface area contributed by atoms with Crippen LogP contribution in [0.3, 0.4) is 0 Å². The number of piperidine rings is 1. The van der Waals surface area contributed by atoms with E-state index in [0.29, 0.717) is 45.5 Å². The maximum Gasteiger partial charge on any atom is 0.322 e. The maximum absolute atomic E-state index is 14.9. The molecule has 0 saturated carbocycles. The van der Waals surface area contributed by atoms with Gasteiger partial charge in [-0.1, -0.05) is 4.47 Å². The predicted octanol–water partition coefficient (Wildman–Crippen LogP) is 5.04. The van der Waals surface area contributed by atoms with Crippen LogP contribution in [0.15, 0.2) is 84.0 Å². The summed E-state index contributed by atoms with van der Waals surface area (Å²) in [6.45, 7) is 2.55. The number of ether oxygens (including phenoxy) is 2. The number of sulfonamides is 1. The summed E-state index contributed by atoms with van der Waals surface area (Å²) in [6, 6.07) is 18.2. The minimum atomic E-state index is -4.23. The summed E-state index contributed by atoms with van der Waals surface area (Å²) in [6.07, 6.45) is 3.42. The summed E-state index contributed by atoms with van der Waals surface area (Å²) in [4.78, 5) is 26.7. The fraction of sp³-hybridized carbons (Fsp3) is 0.258. The van der Waals surface area contributed by atoms with Crippen LogP contribution in [0.25, 0.3) is 11.3 Å². The van der Waals surface area contributed by atoms with Gasteiger partial charge in [0.25, 0.3) is 10.0 Å². The molecule has 1 N–H and O–H groups in total. The van der Waals surface area contributed by atoms with E-state index in [1.54, 1.807) is 30.3 Å². The number of carbonyl (C=O) groups excluding carboxylic acids is 1. The number of rotatable bonds is 12. The van der Waals surface area contributed by atoms with Gasteiger partial charge in [-0.25, -0.2) is 14.4 Å². The third-order valence-corrected chi connectivity index (χ3v) is 8.87. The van der Waals surface area contributed by atoms with Gasteiger partial charge in [0.2, 0.25) is 0 Å². The average molecular weight is 622 g/mol. The summed E-state index contributed by atoms with van der Waals surface area (Å²) in [5, 5.41) is 3.12. The molecule has 1 fully saturated rings. The number of hydrogen-bond acceptors (Lipinski definition) is 10. The summed E-state index contributed by atoms with van der Waals surface area (Å²) in [7, 11) is -0.662. The first-order valence-corrected chi connectivity index (χ1v) is 15.3. The number of halogens is 1. The third kappa shape index (κ3) is 7.24. The van der Waals surface area contributed by atoms with Crippen LogP contribution in [0.4, 0.5) is 21.6 Å². The van der Waals surface area contributed by atoms with Crippen LogP contribution < -0.4 is 19.3 Å². The topological polar surface area (TPSA) is 123 Å². The molecule has 5 rings (SSSR count). The van der Waals surface area contributed by atoms with Gasteiger partial charge >= 0.3 is 6.47 Å². The van der Waals surface area contributed by atoms with Gasteiger partial charge in [0, 0.05) is 17.3 Å². The fourth-order valence-electron chi connectivity index (χ4n) is 4.75. The molecule has 0 bridgehead atoms. The van der Waals surface area contributed by atoms with Gasteiger partial charge in [-0.05, 0) is 106 Å². The van der Waals surface area contributed by atoms with Crippen LogP contribution in [0, 0.1) is 11.7 Å². The minimum Gasteiger partial charge on any atom is -0.497 e. The normalized spacial score (nSPS) is 14.1. The Bertz CT molecular complexity index is 1680. The highest BCUT2D eigenvalue weighted by atomic mass is 32.2. The Balaban J connectivity index is 1.26. The van der Waals surface area contributed by atoms with E-state index in [9.17, 15) is 17.6 Å². The van der Waals surface area contributed by atoms with E-state index in [0.717, 1.165) is 25.9 Å². The lowest BCUT2D eigenvalue weighted by Gasteiger charge is -2.28. The first kappa shape index (κ1) is 30.7. The number of benzene rings is 3. The Hall–Kier alpha value is -4.75. The molecule has 3 aromatic carbocycles. The van der Waals surface area contributed by atoms with Crippen molar-refractivity contribution in [1.82, 2.24) is 14.9 Å². The van der Waals surface area contributed by atoms with Gasteiger partial charge in [-0.2, -0.15) is 8.42 Å². The number of nitrogens with zero attached hydrogens (tertiary/aromatic N) is 4. The second-order valence-corrected chi connectivity index (χ2v) is 12.0. The van der Waals surface area contributed by atoms with Crippen molar-refractivity contribution in [3.63, 3.8) is 0 Å². The fourth-order valence-corrected chi connectivity index (χ4v) is 5.97. The standard InChI is InChI=1S/C31H32FN5O6S/c1-36-15-13-22(14-16-36)19-42-30-12-3-23(17-28(30)32)29-18-31(34-20-33-29)35-24-4-6-25(7-5-24)37(43-21-38)44(39,40)27-10-8-26(41-2)9-11-27/h3-12,17-18,20-22H,13-16,19H2,1-2H3,(H,33,34,35). The molecule has 0 unspecified atom stereocenters. The number of anilines is 3. The van der Waals surface area contributed by atoms with Crippen molar-refractivity contribution >= 4 is 33.7 Å². The number of nitrogens with one attached hydrogen (secondary N) is 1. The molecule has 230 valence electrons. The number of likely N-dealkylation sites (tertiary alicyclic amines) is 1. The molecule has 0 radical (unpaired) electrons. The molecule has 11 nitrogen and oxygen atoms in total. The number of methoxy groups -OCH3 is 1. The third-order valence-electron chi connectivity index (χ3n) is 7.27. The molecule has 0 amide bonds. The largest absolute Gasteiger partial charge is 0.497 e. The van der Waals surface area contributed by atoms with Crippen molar-refractivity contribution in [3.05, 3.63) is 84.9 Å². The highest BCUT2D eigenvalue weighted by Gasteiger charge is 2.27. The summed E-state index contributed by atoms with van der Waals surface area (Å²) in [5.74, 6) is 1.06. The first-order chi connectivity index (χ1) is 21.3. The van der Waals surface area contributed by atoms with Crippen LogP contribution in [0.2, 0.25) is 0 Å². The van der Waals surface area contributed by atoms with Gasteiger partial charge in [0.1, 0.15) is 17.9 Å². The highest BCUT2D eigenvalue weighted by molar-refractivity contribution is 7.92. The van der Waals surface area contributed by atoms with E-state index in [4.69, 9.17) is 14.3 Å². The van der Waals surface area contributed by atoms with Gasteiger partial charge in [-0.15, -0.1) is 0 Å². The Labute approximate surface area is 255 Å². The molecule has 1 aromatic heterocycles. The molecule has 1 aliphatic heterocycles. The van der Waals surface area contributed by atoms with Crippen molar-refractivity contribution in [2.75, 3.05) is 43.6 Å². The zero-order chi connectivity index (χ0) is 31.1. The molecule has 1 aliphatic rings. The highest BCUT2D eigenvalue weighted by Crippen LogP contribution is 2.29. The molecular formula is C31H32FN5O6S. The van der Waals surface area contributed by atoms with Crippen molar-refractivity contribution in [1.29, 1.82) is 0 Å². The number of aromatic nitrogens is 2. The molecule has 0 aliphatic carbocycles. The lowest BCUT2D eigenvalue weighted by Crippen LogP contribution is -2.32. The summed E-state index contributed by atoms with van der Waals surface area (Å²) < 4.78 is 52.6. The van der Waals surface area contributed by atoms with Gasteiger partial charge in [0.15, 0.2) is 11.6 Å². The number of carbonyl (C=O) groups is 1. The molecular weight excluding hydrogens is 589 g/mol. The van der Waals surface area contributed by atoms with E-state index >= 15 is 0 Å². The maximum atomic E-state index is 14.9. The zero-order valence-corrected chi connectivity index (χ0v) is 25.0. The lowest BCUT2D eigenvalue weighted by molar-refractivity contribution is -0.128. The smallest absolute Gasteiger partial charge is 0.322 e. The van der Waals surface area contributed by atoms with E-state index in [1.165, 1.54) is 55.9 Å². The predicted molar refractivity (Wildman–Crippen MR) is 163 cm³/mol. The summed E-state index contributed by atoms with van der Waals surface area (Å²) >= 11 is 0. The Morgan fingerprint density at radius 2 is 1.75 bits per heavy atom. The van der Waals surface area contributed by atoms with Gasteiger partial charge in [-0.3, -0.25) is 4.79 Å². The second-order valence-electron chi connectivity index (χ2n) is 10.3. The molecule has 2 heterocycles. The number of hydrogen-bond donors (Lipinski definition) is 1. The van der Waals surface area contributed by atoms with E-state index < -0.39 is 15.8 Å². The van der Waals surface area contributed by atoms with Crippen LogP contribution >= 0.6 is 0 Å². The Kier molecular flexibility index (Phi) is 9.56. The molecule has 0 spiro atoms. The zero-order valence-electron chi connectivity index (χ0n) is 24.2. The quantitative estimate of drug-likeness (QED) is 0.170. The summed E-state index contributed by atoms with van der Waals surface area (Å²) in [5.41, 5.74) is 1.71. The molecule has 1 saturated heterocycles. The van der Waals surface area contributed by atoms with E-state index in [2.05, 4.69) is 27.2 Å². The average Bonchev–Trinajstić information content (AvgIpc) is 3.04. The SMILES string of the molecule is COc1ccc(S(=O)(=O)N(OC=O)c2ccc(Nc3cc(-c4ccc(OCC5CCN(C)CC5)c(F)c4)ncn3)cc2)cc1. The van der Waals surface area contributed by atoms with Crippen molar-refractivity contribution in [3.8, 4) is 22.8 Å². The molecule has 0 atom stereocenters. The Morgan fingerprint density at radius 3 is 2.41 bits per heavy atom. The minimum absolute atomic E-state index is 0.0345. The Morgan fingerprint density at radius 1 is 1.02 bits per heavy atom. The molecule has 44 heavy (non-hydrogen) atoms. The molecule has 4 aromatic rings. The lowest BCUT2D eigenvalue weighted by atomic mass is 9.98. The van der Waals surface area contributed by atoms with E-state index in [1.807, 2.05) is 0 Å². The first-order valence-electron chi connectivity index (χ1n) is 13.9. The van der Waals surface area contributed by atoms with Crippen molar-refractivity contribution in [2.24, 2.45) is 5.92 Å². The van der Waals surface area contributed by atoms with E-state index in [-0.39, 0.29) is 22.8 Å². The monoisotopic (exact) mass is 621 g/mol. The molecule has 13 heteroatoms. The van der Waals surface area contributed by atoms with Crippen LogP contribution in [0.5, 0.6) is 11.5 Å².